The summed E-state index contributed by atoms with van der Waals surface area (Å²) in [4.78, 5) is 39.8. The highest BCUT2D eigenvalue weighted by Gasteiger charge is 2.48. The van der Waals surface area contributed by atoms with Gasteiger partial charge in [0.1, 0.15) is 11.8 Å². The summed E-state index contributed by atoms with van der Waals surface area (Å²) in [5.41, 5.74) is 1.99. The van der Waals surface area contributed by atoms with Crippen molar-refractivity contribution in [1.29, 1.82) is 0 Å². The van der Waals surface area contributed by atoms with Crippen molar-refractivity contribution in [2.75, 3.05) is 13.1 Å². The SMILES string of the molecule is Cc1cc(OC(F)(F)F)ccc1CNC(=O)C1c2ccccc2C(=O)N1C1CN(C(=O)O)C1. The van der Waals surface area contributed by atoms with Crippen molar-refractivity contribution in [3.63, 3.8) is 0 Å². The van der Waals surface area contributed by atoms with Crippen LogP contribution in [0.5, 0.6) is 5.75 Å². The van der Waals surface area contributed by atoms with E-state index in [1.165, 1.54) is 17.0 Å². The van der Waals surface area contributed by atoms with E-state index in [1.807, 2.05) is 0 Å². The summed E-state index contributed by atoms with van der Waals surface area (Å²) < 4.78 is 41.1. The fraction of sp³-hybridized carbons (Fsp3) is 0.318. The monoisotopic (exact) mass is 463 g/mol. The van der Waals surface area contributed by atoms with Gasteiger partial charge in [-0.1, -0.05) is 24.3 Å². The van der Waals surface area contributed by atoms with Crippen LogP contribution in [0.2, 0.25) is 0 Å². The number of hydrogen-bond donors (Lipinski definition) is 2. The Hall–Kier alpha value is -3.76. The van der Waals surface area contributed by atoms with Crippen molar-refractivity contribution < 1.29 is 37.4 Å². The number of hydrogen-bond acceptors (Lipinski definition) is 4. The van der Waals surface area contributed by atoms with E-state index in [2.05, 4.69) is 10.1 Å². The van der Waals surface area contributed by atoms with Gasteiger partial charge in [-0.05, 0) is 41.8 Å². The maximum Gasteiger partial charge on any atom is 0.573 e. The highest BCUT2D eigenvalue weighted by Crippen LogP contribution is 2.37. The minimum absolute atomic E-state index is 0.0313. The van der Waals surface area contributed by atoms with Crippen molar-refractivity contribution >= 4 is 17.9 Å². The van der Waals surface area contributed by atoms with Gasteiger partial charge in [0.25, 0.3) is 5.91 Å². The summed E-state index contributed by atoms with van der Waals surface area (Å²) in [7, 11) is 0. The lowest BCUT2D eigenvalue weighted by Gasteiger charge is -2.44. The topological polar surface area (TPSA) is 99.2 Å². The number of ether oxygens (including phenoxy) is 1. The van der Waals surface area contributed by atoms with E-state index in [0.29, 0.717) is 22.3 Å². The van der Waals surface area contributed by atoms with Crippen LogP contribution in [-0.2, 0) is 11.3 Å². The molecule has 1 unspecified atom stereocenters. The number of nitrogens with zero attached hydrogens (tertiary/aromatic N) is 2. The molecule has 174 valence electrons. The number of benzene rings is 2. The summed E-state index contributed by atoms with van der Waals surface area (Å²) >= 11 is 0. The Morgan fingerprint density at radius 3 is 2.52 bits per heavy atom. The van der Waals surface area contributed by atoms with Crippen molar-refractivity contribution in [3.05, 3.63) is 64.7 Å². The van der Waals surface area contributed by atoms with Crippen LogP contribution in [-0.4, -0.2) is 58.3 Å². The van der Waals surface area contributed by atoms with Crippen LogP contribution in [0, 0.1) is 6.92 Å². The van der Waals surface area contributed by atoms with E-state index in [-0.39, 0.29) is 31.3 Å². The predicted molar refractivity (Wildman–Crippen MR) is 108 cm³/mol. The maximum absolute atomic E-state index is 13.2. The molecule has 2 N–H and O–H groups in total. The number of aryl methyl sites for hydroxylation is 1. The van der Waals surface area contributed by atoms with Gasteiger partial charge in [-0.3, -0.25) is 9.59 Å². The van der Waals surface area contributed by atoms with Gasteiger partial charge in [-0.25, -0.2) is 4.79 Å². The van der Waals surface area contributed by atoms with Crippen LogP contribution in [0.3, 0.4) is 0 Å². The molecule has 8 nitrogen and oxygen atoms in total. The normalized spacial score (nSPS) is 18.1. The van der Waals surface area contributed by atoms with E-state index >= 15 is 0 Å². The molecule has 3 amide bonds. The second kappa shape index (κ2) is 8.30. The summed E-state index contributed by atoms with van der Waals surface area (Å²) in [6, 6.07) is 9.16. The van der Waals surface area contributed by atoms with Crippen molar-refractivity contribution in [2.45, 2.75) is 31.9 Å². The minimum atomic E-state index is -4.80. The Morgan fingerprint density at radius 1 is 1.18 bits per heavy atom. The molecule has 0 bridgehead atoms. The summed E-state index contributed by atoms with van der Waals surface area (Å²) in [6.45, 7) is 1.85. The molecular weight excluding hydrogens is 443 g/mol. The number of fused-ring (bicyclic) bond motifs is 1. The number of carboxylic acid groups (broad SMARTS) is 1. The molecule has 4 rings (SSSR count). The third-order valence-corrected chi connectivity index (χ3v) is 5.77. The van der Waals surface area contributed by atoms with Crippen LogP contribution in [0.4, 0.5) is 18.0 Å². The number of carbonyl (C=O) groups excluding carboxylic acids is 2. The lowest BCUT2D eigenvalue weighted by atomic mass is 10.0. The van der Waals surface area contributed by atoms with Gasteiger partial charge in [0.05, 0.1) is 6.04 Å². The predicted octanol–water partition coefficient (Wildman–Crippen LogP) is 3.07. The van der Waals surface area contributed by atoms with Crippen LogP contribution in [0.25, 0.3) is 0 Å². The molecule has 1 saturated heterocycles. The van der Waals surface area contributed by atoms with E-state index in [4.69, 9.17) is 5.11 Å². The van der Waals surface area contributed by atoms with Crippen LogP contribution in [0.15, 0.2) is 42.5 Å². The number of rotatable bonds is 5. The fourth-order valence-corrected chi connectivity index (χ4v) is 4.11. The minimum Gasteiger partial charge on any atom is -0.465 e. The molecule has 0 spiro atoms. The first kappa shape index (κ1) is 22.4. The molecule has 2 aromatic rings. The first-order chi connectivity index (χ1) is 15.5. The molecule has 2 aliphatic rings. The lowest BCUT2D eigenvalue weighted by Crippen LogP contribution is -2.62. The van der Waals surface area contributed by atoms with E-state index in [1.54, 1.807) is 31.2 Å². The highest BCUT2D eigenvalue weighted by atomic mass is 19.4. The van der Waals surface area contributed by atoms with Crippen LogP contribution >= 0.6 is 0 Å². The molecule has 11 heteroatoms. The number of nitrogens with one attached hydrogen (secondary N) is 1. The molecule has 0 aromatic heterocycles. The number of likely N-dealkylation sites (tertiary alicyclic amines) is 1. The van der Waals surface area contributed by atoms with E-state index in [9.17, 15) is 27.6 Å². The average molecular weight is 463 g/mol. The van der Waals surface area contributed by atoms with Gasteiger partial charge in [0, 0.05) is 25.2 Å². The molecule has 0 aliphatic carbocycles. The first-order valence-electron chi connectivity index (χ1n) is 10.1. The molecule has 2 aromatic carbocycles. The zero-order chi connectivity index (χ0) is 23.9. The zero-order valence-electron chi connectivity index (χ0n) is 17.4. The molecule has 1 atom stereocenters. The third-order valence-electron chi connectivity index (χ3n) is 5.77. The molecule has 0 radical (unpaired) electrons. The fourth-order valence-electron chi connectivity index (χ4n) is 4.11. The zero-order valence-corrected chi connectivity index (χ0v) is 17.4. The third kappa shape index (κ3) is 4.43. The standard InChI is InChI=1S/C22H20F3N3O5/c1-12-8-15(33-22(23,24)25)7-6-13(12)9-26-19(29)18-16-4-2-3-5-17(16)20(30)28(18)14-10-27(11-14)21(31)32/h2-8,14,18H,9-11H2,1H3,(H,26,29)(H,31,32). The van der Waals surface area contributed by atoms with Crippen LogP contribution < -0.4 is 10.1 Å². The maximum atomic E-state index is 13.2. The largest absolute Gasteiger partial charge is 0.573 e. The van der Waals surface area contributed by atoms with Crippen LogP contribution in [0.1, 0.15) is 33.1 Å². The number of alkyl halides is 3. The van der Waals surface area contributed by atoms with Gasteiger partial charge < -0.3 is 25.0 Å². The second-order valence-corrected chi connectivity index (χ2v) is 7.90. The Kier molecular flexibility index (Phi) is 5.64. The first-order valence-corrected chi connectivity index (χ1v) is 10.1. The molecule has 33 heavy (non-hydrogen) atoms. The van der Waals surface area contributed by atoms with E-state index in [0.717, 1.165) is 11.0 Å². The number of halogens is 3. The van der Waals surface area contributed by atoms with Gasteiger partial charge >= 0.3 is 12.5 Å². The lowest BCUT2D eigenvalue weighted by molar-refractivity contribution is -0.274. The smallest absolute Gasteiger partial charge is 0.465 e. The summed E-state index contributed by atoms with van der Waals surface area (Å²) in [6.07, 6.45) is -5.89. The Bertz CT molecular complexity index is 1110. The van der Waals surface area contributed by atoms with Gasteiger partial charge in [-0.15, -0.1) is 13.2 Å². The van der Waals surface area contributed by atoms with Gasteiger partial charge in [0.15, 0.2) is 0 Å². The molecule has 1 fully saturated rings. The Labute approximate surface area is 186 Å². The molecule has 0 saturated carbocycles. The Balaban J connectivity index is 1.50. The van der Waals surface area contributed by atoms with E-state index < -0.39 is 30.4 Å². The molecular formula is C22H20F3N3O5. The quantitative estimate of drug-likeness (QED) is 0.710. The Morgan fingerprint density at radius 2 is 1.88 bits per heavy atom. The van der Waals surface area contributed by atoms with Crippen molar-refractivity contribution in [3.8, 4) is 5.75 Å². The molecule has 2 aliphatic heterocycles. The second-order valence-electron chi connectivity index (χ2n) is 7.90. The summed E-state index contributed by atoms with van der Waals surface area (Å²) in [5, 5.41) is 11.9. The number of carbonyl (C=O) groups is 3. The van der Waals surface area contributed by atoms with Crippen molar-refractivity contribution in [1.82, 2.24) is 15.1 Å². The molecule has 2 heterocycles. The highest BCUT2D eigenvalue weighted by molar-refractivity contribution is 6.05. The van der Waals surface area contributed by atoms with Gasteiger partial charge in [0.2, 0.25) is 5.91 Å². The summed E-state index contributed by atoms with van der Waals surface area (Å²) in [5.74, 6) is -1.16. The van der Waals surface area contributed by atoms with Gasteiger partial charge in [-0.2, -0.15) is 0 Å². The van der Waals surface area contributed by atoms with Crippen molar-refractivity contribution in [2.24, 2.45) is 0 Å². The number of amides is 3. The average Bonchev–Trinajstić information content (AvgIpc) is 2.97.